The van der Waals surface area contributed by atoms with Crippen LogP contribution in [0.4, 0.5) is 5.69 Å². The highest BCUT2D eigenvalue weighted by Crippen LogP contribution is 2.27. The van der Waals surface area contributed by atoms with Crippen molar-refractivity contribution in [3.63, 3.8) is 0 Å². The third kappa shape index (κ3) is 2.69. The average molecular weight is 239 g/mol. The van der Waals surface area contributed by atoms with Gasteiger partial charge in [0.05, 0.1) is 10.7 Å². The minimum absolute atomic E-state index is 0.879. The van der Waals surface area contributed by atoms with Crippen LogP contribution in [0, 0.1) is 6.92 Å². The highest BCUT2D eigenvalue weighted by Gasteiger charge is 2.14. The maximum absolute atomic E-state index is 6.30. The van der Waals surface area contributed by atoms with E-state index in [1.807, 2.05) is 6.07 Å². The molecule has 0 saturated carbocycles. The molecule has 2 rings (SSSR count). The molecule has 88 valence electrons. The first kappa shape index (κ1) is 11.7. The molecule has 0 radical (unpaired) electrons. The summed E-state index contributed by atoms with van der Waals surface area (Å²) < 4.78 is 0. The van der Waals surface area contributed by atoms with Crippen LogP contribution < -0.4 is 4.90 Å². The molecule has 1 aromatic carbocycles. The predicted molar refractivity (Wildman–Crippen MR) is 70.5 cm³/mol. The van der Waals surface area contributed by atoms with Crippen molar-refractivity contribution < 1.29 is 0 Å². The molecule has 0 amide bonds. The number of halogens is 1. The van der Waals surface area contributed by atoms with Crippen molar-refractivity contribution in [3.05, 3.63) is 28.8 Å². The minimum atomic E-state index is 0.879. The summed E-state index contributed by atoms with van der Waals surface area (Å²) in [6.07, 6.45) is 1.21. The van der Waals surface area contributed by atoms with Gasteiger partial charge in [-0.2, -0.15) is 0 Å². The number of benzene rings is 1. The van der Waals surface area contributed by atoms with E-state index in [9.17, 15) is 0 Å². The van der Waals surface area contributed by atoms with E-state index in [1.54, 1.807) is 0 Å². The Morgan fingerprint density at radius 3 is 2.69 bits per heavy atom. The molecule has 16 heavy (non-hydrogen) atoms. The molecule has 0 aliphatic carbocycles. The smallest absolute Gasteiger partial charge is 0.0642 e. The van der Waals surface area contributed by atoms with Gasteiger partial charge in [-0.15, -0.1) is 0 Å². The molecule has 0 N–H and O–H groups in total. The monoisotopic (exact) mass is 238 g/mol. The zero-order chi connectivity index (χ0) is 11.5. The van der Waals surface area contributed by atoms with Crippen LogP contribution in [0.1, 0.15) is 12.0 Å². The van der Waals surface area contributed by atoms with Crippen molar-refractivity contribution in [2.75, 3.05) is 38.1 Å². The van der Waals surface area contributed by atoms with E-state index >= 15 is 0 Å². The largest absolute Gasteiger partial charge is 0.369 e. The van der Waals surface area contributed by atoms with Gasteiger partial charge < -0.3 is 9.80 Å². The van der Waals surface area contributed by atoms with Gasteiger partial charge in [0.25, 0.3) is 0 Å². The van der Waals surface area contributed by atoms with Crippen LogP contribution in [0.25, 0.3) is 0 Å². The van der Waals surface area contributed by atoms with Crippen molar-refractivity contribution >= 4 is 17.3 Å². The number of nitrogens with zero attached hydrogens (tertiary/aromatic N) is 2. The first-order valence-corrected chi connectivity index (χ1v) is 6.24. The normalized spacial score (nSPS) is 18.6. The lowest BCUT2D eigenvalue weighted by atomic mass is 10.2. The molecule has 2 nitrogen and oxygen atoms in total. The van der Waals surface area contributed by atoms with Crippen LogP contribution in [0.2, 0.25) is 5.02 Å². The summed E-state index contributed by atoms with van der Waals surface area (Å²) >= 11 is 6.30. The highest BCUT2D eigenvalue weighted by molar-refractivity contribution is 6.33. The summed E-state index contributed by atoms with van der Waals surface area (Å²) in [6.45, 7) is 6.54. The third-order valence-electron chi connectivity index (χ3n) is 3.16. The van der Waals surface area contributed by atoms with Gasteiger partial charge in [-0.25, -0.2) is 0 Å². The van der Waals surface area contributed by atoms with E-state index in [-0.39, 0.29) is 0 Å². The summed E-state index contributed by atoms with van der Waals surface area (Å²) in [7, 11) is 2.18. The van der Waals surface area contributed by atoms with Crippen LogP contribution >= 0.6 is 11.6 Å². The van der Waals surface area contributed by atoms with Crippen molar-refractivity contribution in [2.45, 2.75) is 13.3 Å². The average Bonchev–Trinajstić information content (AvgIpc) is 2.43. The van der Waals surface area contributed by atoms with Crippen LogP contribution in [0.5, 0.6) is 0 Å². The Morgan fingerprint density at radius 1 is 1.12 bits per heavy atom. The van der Waals surface area contributed by atoms with E-state index in [1.165, 1.54) is 24.2 Å². The molecule has 0 spiro atoms. The third-order valence-corrected chi connectivity index (χ3v) is 3.47. The van der Waals surface area contributed by atoms with Gasteiger partial charge in [0.15, 0.2) is 0 Å². The number of likely N-dealkylation sites (N-methyl/N-ethyl adjacent to an activating group) is 1. The molecular formula is C13H19ClN2. The molecule has 1 aliphatic rings. The first-order chi connectivity index (χ1) is 7.66. The molecule has 0 unspecified atom stereocenters. The van der Waals surface area contributed by atoms with E-state index in [2.05, 4.69) is 35.9 Å². The number of aryl methyl sites for hydroxylation is 1. The maximum Gasteiger partial charge on any atom is 0.0642 e. The summed E-state index contributed by atoms with van der Waals surface area (Å²) in [5, 5.41) is 0.879. The van der Waals surface area contributed by atoms with Crippen molar-refractivity contribution in [1.82, 2.24) is 4.90 Å². The van der Waals surface area contributed by atoms with Crippen molar-refractivity contribution in [1.29, 1.82) is 0 Å². The second-order valence-corrected chi connectivity index (χ2v) is 5.01. The lowest BCUT2D eigenvalue weighted by Gasteiger charge is -2.24. The molecule has 3 heteroatoms. The van der Waals surface area contributed by atoms with Gasteiger partial charge in [-0.3, -0.25) is 0 Å². The Bertz CT molecular complexity index is 365. The van der Waals surface area contributed by atoms with Gasteiger partial charge in [-0.1, -0.05) is 17.7 Å². The fraction of sp³-hybridized carbons (Fsp3) is 0.538. The molecule has 1 aromatic rings. The van der Waals surface area contributed by atoms with Crippen molar-refractivity contribution in [2.24, 2.45) is 0 Å². The Balaban J connectivity index is 2.16. The fourth-order valence-electron chi connectivity index (χ4n) is 2.16. The van der Waals surface area contributed by atoms with Gasteiger partial charge >= 0.3 is 0 Å². The van der Waals surface area contributed by atoms with E-state index in [0.717, 1.165) is 24.7 Å². The minimum Gasteiger partial charge on any atom is -0.369 e. The Morgan fingerprint density at radius 2 is 1.94 bits per heavy atom. The van der Waals surface area contributed by atoms with Crippen molar-refractivity contribution in [3.8, 4) is 0 Å². The van der Waals surface area contributed by atoms with Crippen LogP contribution in [0.15, 0.2) is 18.2 Å². The molecule has 0 aromatic heterocycles. The maximum atomic E-state index is 6.30. The van der Waals surface area contributed by atoms with E-state index in [4.69, 9.17) is 11.6 Å². The van der Waals surface area contributed by atoms with E-state index < -0.39 is 0 Å². The summed E-state index contributed by atoms with van der Waals surface area (Å²) in [4.78, 5) is 4.77. The van der Waals surface area contributed by atoms with Gasteiger partial charge in [0.2, 0.25) is 0 Å². The number of rotatable bonds is 1. The predicted octanol–water partition coefficient (Wildman–Crippen LogP) is 2.79. The topological polar surface area (TPSA) is 6.48 Å². The van der Waals surface area contributed by atoms with Gasteiger partial charge in [0, 0.05) is 19.6 Å². The Kier molecular flexibility index (Phi) is 3.72. The second kappa shape index (κ2) is 5.07. The second-order valence-electron chi connectivity index (χ2n) is 4.60. The summed E-state index contributed by atoms with van der Waals surface area (Å²) in [6, 6.07) is 6.32. The summed E-state index contributed by atoms with van der Waals surface area (Å²) in [5.74, 6) is 0. The van der Waals surface area contributed by atoms with Gasteiger partial charge in [0.1, 0.15) is 0 Å². The number of anilines is 1. The molecule has 0 atom stereocenters. The van der Waals surface area contributed by atoms with E-state index in [0.29, 0.717) is 0 Å². The van der Waals surface area contributed by atoms with Crippen LogP contribution in [-0.4, -0.2) is 38.1 Å². The standard InChI is InChI=1S/C13H19ClN2/c1-11-4-5-13(12(14)10-11)16-7-3-6-15(2)8-9-16/h4-5,10H,3,6-9H2,1-2H3. The zero-order valence-electron chi connectivity index (χ0n) is 10.0. The molecule has 1 heterocycles. The Hall–Kier alpha value is -0.730. The molecule has 1 fully saturated rings. The SMILES string of the molecule is Cc1ccc(N2CCCN(C)CC2)c(Cl)c1. The van der Waals surface area contributed by atoms with Gasteiger partial charge in [-0.05, 0) is 44.6 Å². The Labute approximate surface area is 103 Å². The molecular weight excluding hydrogens is 220 g/mol. The fourth-order valence-corrected chi connectivity index (χ4v) is 2.51. The lowest BCUT2D eigenvalue weighted by Crippen LogP contribution is -2.28. The number of hydrogen-bond acceptors (Lipinski definition) is 2. The molecule has 0 bridgehead atoms. The quantitative estimate of drug-likeness (QED) is 0.743. The lowest BCUT2D eigenvalue weighted by molar-refractivity contribution is 0.360. The number of hydrogen-bond donors (Lipinski definition) is 0. The summed E-state index contributed by atoms with van der Waals surface area (Å²) in [5.41, 5.74) is 2.41. The molecule has 1 aliphatic heterocycles. The highest BCUT2D eigenvalue weighted by atomic mass is 35.5. The molecule has 1 saturated heterocycles. The van der Waals surface area contributed by atoms with Crippen LogP contribution in [0.3, 0.4) is 0 Å². The van der Waals surface area contributed by atoms with Crippen LogP contribution in [-0.2, 0) is 0 Å². The zero-order valence-corrected chi connectivity index (χ0v) is 10.8. The first-order valence-electron chi connectivity index (χ1n) is 5.86.